The van der Waals surface area contributed by atoms with E-state index in [1.807, 2.05) is 0 Å². The highest BCUT2D eigenvalue weighted by Gasteiger charge is 2.22. The van der Waals surface area contributed by atoms with E-state index in [4.69, 9.17) is 19.2 Å². The summed E-state index contributed by atoms with van der Waals surface area (Å²) in [7, 11) is -4.64. The lowest BCUT2D eigenvalue weighted by molar-refractivity contribution is -0.137. The smallest absolute Gasteiger partial charge is 0.465 e. The molecular weight excluding hydrogens is 255 g/mol. The Balaban J connectivity index is 0.000000217. The van der Waals surface area contributed by atoms with Crippen LogP contribution >= 0.6 is 23.8 Å². The van der Waals surface area contributed by atoms with E-state index in [9.17, 15) is 4.79 Å². The quantitative estimate of drug-likeness (QED) is 0.317. The molecule has 1 fully saturated rings. The van der Waals surface area contributed by atoms with Crippen molar-refractivity contribution in [2.24, 2.45) is 0 Å². The monoisotopic (exact) mass is 262 g/mol. The van der Waals surface area contributed by atoms with Crippen molar-refractivity contribution in [3.63, 3.8) is 0 Å². The largest absolute Gasteiger partial charge is 0.466 e. The van der Waals surface area contributed by atoms with Gasteiger partial charge >= 0.3 is 13.8 Å². The van der Waals surface area contributed by atoms with Crippen LogP contribution in [-0.2, 0) is 14.1 Å². The number of phosphoric acid groups is 1. The van der Waals surface area contributed by atoms with Gasteiger partial charge in [-0.2, -0.15) is 0 Å². The van der Waals surface area contributed by atoms with E-state index >= 15 is 0 Å². The van der Waals surface area contributed by atoms with Gasteiger partial charge < -0.3 is 19.4 Å². The van der Waals surface area contributed by atoms with E-state index in [0.717, 1.165) is 6.42 Å². The van der Waals surface area contributed by atoms with Crippen molar-refractivity contribution in [3.8, 4) is 0 Å². The lowest BCUT2D eigenvalue weighted by atomic mass is 10.4. The third kappa shape index (κ3) is 8.16. The second-order valence-electron chi connectivity index (χ2n) is 1.94. The summed E-state index contributed by atoms with van der Waals surface area (Å²) >= 11 is 3.13. The minimum absolute atomic E-state index is 0.0347. The molecule has 8 heteroatoms. The number of rotatable bonds is 0. The standard InChI is InChI=1S/C4H5BrO2.H3O4P/c5-3-1-2-7-4(3)6;1-5(2,3)4/h3H,1-2H2;(H3,1,2,3,4). The van der Waals surface area contributed by atoms with Gasteiger partial charge in [0.15, 0.2) is 0 Å². The molecule has 0 aromatic heterocycles. The highest BCUT2D eigenvalue weighted by atomic mass is 79.9. The molecule has 1 atom stereocenters. The molecule has 0 bridgehead atoms. The van der Waals surface area contributed by atoms with Crippen molar-refractivity contribution < 1.29 is 28.8 Å². The maximum atomic E-state index is 10.3. The summed E-state index contributed by atoms with van der Waals surface area (Å²) in [6, 6.07) is 0. The molecule has 3 N–H and O–H groups in total. The van der Waals surface area contributed by atoms with E-state index in [1.165, 1.54) is 0 Å². The van der Waals surface area contributed by atoms with E-state index in [1.54, 1.807) is 0 Å². The zero-order valence-corrected chi connectivity index (χ0v) is 8.36. The number of halogens is 1. The van der Waals surface area contributed by atoms with Crippen molar-refractivity contribution in [2.45, 2.75) is 11.2 Å². The number of ether oxygens (including phenoxy) is 1. The highest BCUT2D eigenvalue weighted by molar-refractivity contribution is 9.10. The molecule has 0 radical (unpaired) electrons. The normalized spacial score (nSPS) is 22.7. The summed E-state index contributed by atoms with van der Waals surface area (Å²) in [6.45, 7) is 0.578. The molecule has 1 saturated heterocycles. The van der Waals surface area contributed by atoms with Crippen LogP contribution in [0.3, 0.4) is 0 Å². The Morgan fingerprint density at radius 2 is 1.92 bits per heavy atom. The summed E-state index contributed by atoms with van der Waals surface area (Å²) in [5.74, 6) is -0.125. The Hall–Kier alpha value is 0.0600. The van der Waals surface area contributed by atoms with Crippen LogP contribution in [0.1, 0.15) is 6.42 Å². The molecule has 1 rings (SSSR count). The van der Waals surface area contributed by atoms with Gasteiger partial charge in [-0.1, -0.05) is 15.9 Å². The summed E-state index contributed by atoms with van der Waals surface area (Å²) in [5.41, 5.74) is 0. The summed E-state index contributed by atoms with van der Waals surface area (Å²) in [5, 5.41) is 0. The molecule has 0 saturated carbocycles. The third-order valence-corrected chi connectivity index (χ3v) is 1.70. The average Bonchev–Trinajstić information content (AvgIpc) is 2.12. The number of cyclic esters (lactones) is 1. The minimum atomic E-state index is -4.64. The number of hydrogen-bond donors (Lipinski definition) is 3. The SMILES string of the molecule is O=C1OCCC1Br.O=P(O)(O)O. The van der Waals surface area contributed by atoms with Crippen LogP contribution < -0.4 is 0 Å². The number of carbonyl (C=O) groups is 1. The lowest BCUT2D eigenvalue weighted by Crippen LogP contribution is -2.03. The van der Waals surface area contributed by atoms with E-state index < -0.39 is 7.82 Å². The Morgan fingerprint density at radius 1 is 1.50 bits per heavy atom. The lowest BCUT2D eigenvalue weighted by Gasteiger charge is -1.86. The minimum Gasteiger partial charge on any atom is -0.465 e. The van der Waals surface area contributed by atoms with Crippen LogP contribution in [0, 0.1) is 0 Å². The highest BCUT2D eigenvalue weighted by Crippen LogP contribution is 2.25. The van der Waals surface area contributed by atoms with Gasteiger partial charge in [-0.15, -0.1) is 0 Å². The van der Waals surface area contributed by atoms with Gasteiger partial charge in [0.1, 0.15) is 4.83 Å². The Labute approximate surface area is 76.9 Å². The van der Waals surface area contributed by atoms with E-state index in [-0.39, 0.29) is 10.8 Å². The van der Waals surface area contributed by atoms with Crippen molar-refractivity contribution in [2.75, 3.05) is 6.61 Å². The van der Waals surface area contributed by atoms with Crippen LogP contribution in [0.15, 0.2) is 0 Å². The van der Waals surface area contributed by atoms with Crippen molar-refractivity contribution in [1.82, 2.24) is 0 Å². The molecule has 1 aliphatic rings. The van der Waals surface area contributed by atoms with Gasteiger partial charge in [0.2, 0.25) is 0 Å². The molecule has 0 aromatic rings. The van der Waals surface area contributed by atoms with Gasteiger partial charge in [0, 0.05) is 6.42 Å². The first-order valence-corrected chi connectivity index (χ1v) is 5.38. The van der Waals surface area contributed by atoms with Gasteiger partial charge in [-0.25, -0.2) is 4.57 Å². The van der Waals surface area contributed by atoms with Crippen molar-refractivity contribution in [1.29, 1.82) is 0 Å². The Bertz CT molecular complexity index is 191. The first-order chi connectivity index (χ1) is 5.30. The van der Waals surface area contributed by atoms with E-state index in [2.05, 4.69) is 20.7 Å². The Morgan fingerprint density at radius 3 is 2.00 bits per heavy atom. The van der Waals surface area contributed by atoms with Crippen LogP contribution in [0.25, 0.3) is 0 Å². The van der Waals surface area contributed by atoms with E-state index in [0.29, 0.717) is 6.61 Å². The number of hydrogen-bond acceptors (Lipinski definition) is 3. The van der Waals surface area contributed by atoms with Crippen molar-refractivity contribution >= 4 is 29.7 Å². The molecule has 1 unspecified atom stereocenters. The molecule has 1 heterocycles. The molecule has 12 heavy (non-hydrogen) atoms. The van der Waals surface area contributed by atoms with Crippen LogP contribution in [-0.4, -0.2) is 32.1 Å². The number of alkyl halides is 1. The van der Waals surface area contributed by atoms with Crippen LogP contribution in [0.5, 0.6) is 0 Å². The van der Waals surface area contributed by atoms with Gasteiger partial charge in [-0.05, 0) is 0 Å². The van der Waals surface area contributed by atoms with Crippen LogP contribution in [0.2, 0.25) is 0 Å². The molecule has 1 aliphatic heterocycles. The van der Waals surface area contributed by atoms with Gasteiger partial charge in [0.05, 0.1) is 6.61 Å². The Kier molecular flexibility index (Phi) is 4.96. The number of carbonyl (C=O) groups excluding carboxylic acids is 1. The molecule has 0 amide bonds. The summed E-state index contributed by atoms with van der Waals surface area (Å²) in [4.78, 5) is 31.8. The van der Waals surface area contributed by atoms with Gasteiger partial charge in [0.25, 0.3) is 0 Å². The molecular formula is C4H8BrO6P. The molecule has 72 valence electrons. The second kappa shape index (κ2) is 4.94. The fraction of sp³-hybridized carbons (Fsp3) is 0.750. The summed E-state index contributed by atoms with van der Waals surface area (Å²) in [6.07, 6.45) is 0.818. The maximum absolute atomic E-state index is 10.3. The predicted molar refractivity (Wildman–Crippen MR) is 42.6 cm³/mol. The first kappa shape index (κ1) is 12.1. The number of esters is 1. The van der Waals surface area contributed by atoms with Crippen LogP contribution in [0.4, 0.5) is 0 Å². The fourth-order valence-corrected chi connectivity index (χ4v) is 0.790. The fourth-order valence-electron chi connectivity index (χ4n) is 0.471. The second-order valence-corrected chi connectivity index (χ2v) is 4.07. The summed E-state index contributed by atoms with van der Waals surface area (Å²) < 4.78 is 13.5. The maximum Gasteiger partial charge on any atom is 0.466 e. The first-order valence-electron chi connectivity index (χ1n) is 2.89. The zero-order chi connectivity index (χ0) is 9.78. The molecule has 0 aliphatic carbocycles. The topological polar surface area (TPSA) is 104 Å². The zero-order valence-electron chi connectivity index (χ0n) is 5.88. The predicted octanol–water partition coefficient (Wildman–Crippen LogP) is -0.232. The third-order valence-electron chi connectivity index (χ3n) is 0.871. The average molecular weight is 263 g/mol. The molecule has 0 spiro atoms. The van der Waals surface area contributed by atoms with Gasteiger partial charge in [-0.3, -0.25) is 4.79 Å². The molecule has 6 nitrogen and oxygen atoms in total. The van der Waals surface area contributed by atoms with Crippen molar-refractivity contribution in [3.05, 3.63) is 0 Å². The molecule has 0 aromatic carbocycles.